The van der Waals surface area contributed by atoms with Gasteiger partial charge in [0, 0.05) is 30.6 Å². The molecule has 1 aromatic carbocycles. The second kappa shape index (κ2) is 9.80. The van der Waals surface area contributed by atoms with Gasteiger partial charge in [-0.2, -0.15) is 4.98 Å². The number of aromatic nitrogens is 4. The lowest BCUT2D eigenvalue weighted by atomic mass is 10.00. The molecule has 178 valence electrons. The molecular weight excluding hydrogens is 442 g/mol. The minimum atomic E-state index is -0.0859. The molecule has 0 aliphatic rings. The Morgan fingerprint density at radius 1 is 1.20 bits per heavy atom. The van der Waals surface area contributed by atoms with Crippen molar-refractivity contribution in [3.8, 4) is 28.5 Å². The van der Waals surface area contributed by atoms with Crippen LogP contribution in [0, 0.1) is 6.92 Å². The van der Waals surface area contributed by atoms with Crippen LogP contribution in [0.3, 0.4) is 0 Å². The predicted molar refractivity (Wildman–Crippen MR) is 138 cm³/mol. The Morgan fingerprint density at radius 2 is 2.00 bits per heavy atom. The number of nitrogens with one attached hydrogen (secondary N) is 1. The third-order valence-electron chi connectivity index (χ3n) is 5.59. The van der Waals surface area contributed by atoms with Crippen LogP contribution in [0.5, 0.6) is 5.88 Å². The summed E-state index contributed by atoms with van der Waals surface area (Å²) in [6.07, 6.45) is 5.51. The monoisotopic (exact) mass is 469 g/mol. The van der Waals surface area contributed by atoms with Gasteiger partial charge in [-0.25, -0.2) is 4.98 Å². The molecule has 0 atom stereocenters. The highest BCUT2D eigenvalue weighted by Gasteiger charge is 2.13. The third kappa shape index (κ3) is 4.91. The SMILES string of the molecule is C=C(C)/C=c1\c(=CC)cc(-c2cc(Nc3noc(-c4ccc(OC)nc4)n3)ccc2C)c(=O)n1C. The number of hydrogen-bond acceptors (Lipinski definition) is 7. The van der Waals surface area contributed by atoms with Crippen LogP contribution in [-0.2, 0) is 7.05 Å². The molecule has 0 radical (unpaired) electrons. The lowest BCUT2D eigenvalue weighted by molar-refractivity contribution is 0.397. The van der Waals surface area contributed by atoms with Crippen LogP contribution >= 0.6 is 0 Å². The number of rotatable bonds is 6. The third-order valence-corrected chi connectivity index (χ3v) is 5.59. The molecule has 0 fully saturated rings. The zero-order valence-corrected chi connectivity index (χ0v) is 20.4. The Morgan fingerprint density at radius 3 is 2.66 bits per heavy atom. The number of benzene rings is 1. The molecular formula is C27H27N5O3. The van der Waals surface area contributed by atoms with Crippen molar-refractivity contribution in [1.82, 2.24) is 19.7 Å². The number of methoxy groups -OCH3 is 1. The van der Waals surface area contributed by atoms with Gasteiger partial charge in [0.25, 0.3) is 17.4 Å². The fraction of sp³-hybridized carbons (Fsp3) is 0.185. The van der Waals surface area contributed by atoms with Crippen LogP contribution in [-0.4, -0.2) is 26.8 Å². The number of hydrogen-bond donors (Lipinski definition) is 1. The zero-order valence-electron chi connectivity index (χ0n) is 20.4. The largest absolute Gasteiger partial charge is 0.481 e. The van der Waals surface area contributed by atoms with Crippen LogP contribution in [0.4, 0.5) is 11.6 Å². The highest BCUT2D eigenvalue weighted by atomic mass is 16.5. The minimum Gasteiger partial charge on any atom is -0.481 e. The Balaban J connectivity index is 1.71. The molecule has 0 unspecified atom stereocenters. The van der Waals surface area contributed by atoms with E-state index in [0.717, 1.165) is 33.0 Å². The number of pyridine rings is 2. The Labute approximate surface area is 202 Å². The van der Waals surface area contributed by atoms with E-state index in [-0.39, 0.29) is 5.56 Å². The van der Waals surface area contributed by atoms with Gasteiger partial charge in [-0.05, 0) is 72.6 Å². The van der Waals surface area contributed by atoms with Crippen molar-refractivity contribution in [1.29, 1.82) is 0 Å². The average Bonchev–Trinajstić information content (AvgIpc) is 3.32. The molecule has 0 saturated heterocycles. The summed E-state index contributed by atoms with van der Waals surface area (Å²) >= 11 is 0. The minimum absolute atomic E-state index is 0.0859. The first-order valence-corrected chi connectivity index (χ1v) is 11.1. The van der Waals surface area contributed by atoms with Gasteiger partial charge in [0.15, 0.2) is 0 Å². The number of anilines is 2. The lowest BCUT2D eigenvalue weighted by Gasteiger charge is -2.11. The summed E-state index contributed by atoms with van der Waals surface area (Å²) in [4.78, 5) is 21.9. The van der Waals surface area contributed by atoms with E-state index < -0.39 is 0 Å². The van der Waals surface area contributed by atoms with Gasteiger partial charge in [0.05, 0.1) is 18.0 Å². The van der Waals surface area contributed by atoms with Gasteiger partial charge in [-0.15, -0.1) is 0 Å². The van der Waals surface area contributed by atoms with Crippen molar-refractivity contribution >= 4 is 23.8 Å². The summed E-state index contributed by atoms with van der Waals surface area (Å²) in [6, 6.07) is 11.2. The second-order valence-corrected chi connectivity index (χ2v) is 8.21. The van der Waals surface area contributed by atoms with E-state index in [4.69, 9.17) is 9.26 Å². The molecule has 8 nitrogen and oxygen atoms in total. The molecule has 35 heavy (non-hydrogen) atoms. The van der Waals surface area contributed by atoms with Crippen molar-refractivity contribution in [2.24, 2.45) is 7.05 Å². The van der Waals surface area contributed by atoms with Crippen molar-refractivity contribution < 1.29 is 9.26 Å². The van der Waals surface area contributed by atoms with Crippen LogP contribution in [0.15, 0.2) is 64.1 Å². The number of allylic oxidation sites excluding steroid dienone is 1. The van der Waals surface area contributed by atoms with E-state index in [9.17, 15) is 4.79 Å². The van der Waals surface area contributed by atoms with Gasteiger partial charge in [-0.3, -0.25) is 4.79 Å². The maximum absolute atomic E-state index is 13.3. The van der Waals surface area contributed by atoms with Crippen LogP contribution < -0.4 is 26.2 Å². The Bertz CT molecular complexity index is 1580. The molecule has 0 aliphatic carbocycles. The van der Waals surface area contributed by atoms with Crippen molar-refractivity contribution in [3.63, 3.8) is 0 Å². The van der Waals surface area contributed by atoms with Crippen LogP contribution in [0.25, 0.3) is 34.7 Å². The number of aryl methyl sites for hydroxylation is 1. The maximum Gasteiger partial charge on any atom is 0.268 e. The smallest absolute Gasteiger partial charge is 0.268 e. The average molecular weight is 470 g/mol. The standard InChI is InChI=1S/C27H27N5O3/c1-7-18-13-22(26(33)32(5)23(18)12-16(2)3)21-14-20(10-8-17(21)4)29-27-30-25(35-31-27)19-9-11-24(34-6)28-15-19/h7-15H,2H2,1,3-6H3,(H,29,31)/b18-7?,23-12+. The van der Waals surface area contributed by atoms with E-state index in [2.05, 4.69) is 27.0 Å². The van der Waals surface area contributed by atoms with Gasteiger partial charge >= 0.3 is 0 Å². The Kier molecular flexibility index (Phi) is 6.64. The summed E-state index contributed by atoms with van der Waals surface area (Å²) in [5.41, 5.74) is 4.61. The summed E-state index contributed by atoms with van der Waals surface area (Å²) in [5.74, 6) is 1.13. The number of nitrogens with zero attached hydrogens (tertiary/aromatic N) is 4. The first-order chi connectivity index (χ1) is 16.8. The van der Waals surface area contributed by atoms with E-state index in [0.29, 0.717) is 28.8 Å². The van der Waals surface area contributed by atoms with Gasteiger partial charge < -0.3 is 19.1 Å². The summed E-state index contributed by atoms with van der Waals surface area (Å²) in [6.45, 7) is 9.79. The summed E-state index contributed by atoms with van der Waals surface area (Å²) in [5, 5.41) is 8.96. The molecule has 0 bridgehead atoms. The molecule has 4 rings (SSSR count). The topological polar surface area (TPSA) is 95.1 Å². The number of ether oxygens (including phenoxy) is 1. The lowest BCUT2D eigenvalue weighted by Crippen LogP contribution is -2.42. The molecule has 3 aromatic heterocycles. The first-order valence-electron chi connectivity index (χ1n) is 11.1. The van der Waals surface area contributed by atoms with Gasteiger partial charge in [0.1, 0.15) is 0 Å². The highest BCUT2D eigenvalue weighted by Crippen LogP contribution is 2.26. The van der Waals surface area contributed by atoms with E-state index in [1.807, 2.05) is 57.2 Å². The quantitative estimate of drug-likeness (QED) is 0.460. The van der Waals surface area contributed by atoms with Gasteiger partial charge in [0.2, 0.25) is 5.88 Å². The van der Waals surface area contributed by atoms with Crippen molar-refractivity contribution in [3.05, 3.63) is 81.2 Å². The molecule has 0 spiro atoms. The molecule has 0 amide bonds. The van der Waals surface area contributed by atoms with Crippen molar-refractivity contribution in [2.75, 3.05) is 12.4 Å². The molecule has 1 N–H and O–H groups in total. The molecule has 8 heteroatoms. The van der Waals surface area contributed by atoms with Gasteiger partial charge in [-0.1, -0.05) is 24.3 Å². The van der Waals surface area contributed by atoms with Crippen LogP contribution in [0.2, 0.25) is 0 Å². The molecule has 0 saturated carbocycles. The van der Waals surface area contributed by atoms with Crippen LogP contribution in [0.1, 0.15) is 19.4 Å². The first kappa shape index (κ1) is 23.7. The molecule has 3 heterocycles. The van der Waals surface area contributed by atoms with E-state index in [1.165, 1.54) is 0 Å². The van der Waals surface area contributed by atoms with Crippen molar-refractivity contribution in [2.45, 2.75) is 20.8 Å². The summed E-state index contributed by atoms with van der Waals surface area (Å²) < 4.78 is 12.1. The normalized spacial score (nSPS) is 12.1. The highest BCUT2D eigenvalue weighted by molar-refractivity contribution is 5.72. The Hall–Kier alpha value is -4.46. The molecule has 4 aromatic rings. The predicted octanol–water partition coefficient (Wildman–Crippen LogP) is 3.71. The maximum atomic E-state index is 13.3. The fourth-order valence-corrected chi connectivity index (χ4v) is 3.75. The second-order valence-electron chi connectivity index (χ2n) is 8.21. The molecule has 0 aliphatic heterocycles. The fourth-order valence-electron chi connectivity index (χ4n) is 3.75. The van der Waals surface area contributed by atoms with E-state index in [1.54, 1.807) is 37.1 Å². The summed E-state index contributed by atoms with van der Waals surface area (Å²) in [7, 11) is 3.33. The zero-order chi connectivity index (χ0) is 25.1. The van der Waals surface area contributed by atoms with E-state index >= 15 is 0 Å².